The van der Waals surface area contributed by atoms with E-state index < -0.39 is 6.10 Å². The molecule has 5 nitrogen and oxygen atoms in total. The Morgan fingerprint density at radius 3 is 2.71 bits per heavy atom. The Kier molecular flexibility index (Phi) is 3.94. The lowest BCUT2D eigenvalue weighted by molar-refractivity contribution is -0.128. The van der Waals surface area contributed by atoms with Gasteiger partial charge in [-0.3, -0.25) is 20.4 Å². The van der Waals surface area contributed by atoms with Gasteiger partial charge in [0.25, 0.3) is 11.8 Å². The Morgan fingerprint density at radius 2 is 2.00 bits per heavy atom. The van der Waals surface area contributed by atoms with Crippen molar-refractivity contribution in [3.63, 3.8) is 0 Å². The highest BCUT2D eigenvalue weighted by molar-refractivity contribution is 9.11. The van der Waals surface area contributed by atoms with Gasteiger partial charge in [-0.25, -0.2) is 0 Å². The molecule has 0 saturated carbocycles. The standard InChI is InChI=1S/C14H11BrN2O3S/c15-12-6-5-11(21-12)14(19)17-16-13(18)10-7-8-3-1-2-4-9(8)20-10/h1-6,10H,7H2,(H,16,18)(H,17,19)/t10-/m0/s1. The smallest absolute Gasteiger partial charge is 0.279 e. The third kappa shape index (κ3) is 3.08. The van der Waals surface area contributed by atoms with Crippen molar-refractivity contribution < 1.29 is 14.3 Å². The second kappa shape index (κ2) is 5.87. The zero-order valence-corrected chi connectivity index (χ0v) is 13.2. The van der Waals surface area contributed by atoms with Gasteiger partial charge in [-0.05, 0) is 39.7 Å². The highest BCUT2D eigenvalue weighted by Gasteiger charge is 2.29. The molecule has 0 unspecified atom stereocenters. The number of halogens is 1. The maximum absolute atomic E-state index is 12.0. The summed E-state index contributed by atoms with van der Waals surface area (Å²) in [5.41, 5.74) is 5.77. The minimum absolute atomic E-state index is 0.352. The summed E-state index contributed by atoms with van der Waals surface area (Å²) in [6.45, 7) is 0. The summed E-state index contributed by atoms with van der Waals surface area (Å²) in [6.07, 6.45) is -0.111. The van der Waals surface area contributed by atoms with Crippen LogP contribution in [0.5, 0.6) is 5.75 Å². The van der Waals surface area contributed by atoms with Crippen LogP contribution in [-0.4, -0.2) is 17.9 Å². The summed E-state index contributed by atoms with van der Waals surface area (Å²) in [6, 6.07) is 11.0. The van der Waals surface area contributed by atoms with Gasteiger partial charge in [-0.15, -0.1) is 11.3 Å². The molecule has 0 radical (unpaired) electrons. The van der Waals surface area contributed by atoms with E-state index in [9.17, 15) is 9.59 Å². The van der Waals surface area contributed by atoms with Crippen LogP contribution >= 0.6 is 27.3 Å². The molecule has 108 valence electrons. The van der Waals surface area contributed by atoms with Crippen molar-refractivity contribution in [2.75, 3.05) is 0 Å². The molecular formula is C14H11BrN2O3S. The van der Waals surface area contributed by atoms with Crippen LogP contribution in [0.4, 0.5) is 0 Å². The van der Waals surface area contributed by atoms with Gasteiger partial charge >= 0.3 is 0 Å². The van der Waals surface area contributed by atoms with E-state index in [0.717, 1.165) is 9.35 Å². The fraction of sp³-hybridized carbons (Fsp3) is 0.143. The Hall–Kier alpha value is -1.86. The summed E-state index contributed by atoms with van der Waals surface area (Å²) < 4.78 is 6.40. The number of amides is 2. The van der Waals surface area contributed by atoms with Gasteiger partial charge in [-0.2, -0.15) is 0 Å². The Morgan fingerprint density at radius 1 is 1.19 bits per heavy atom. The molecule has 1 aliphatic heterocycles. The third-order valence-corrected chi connectivity index (χ3v) is 4.66. The summed E-state index contributed by atoms with van der Waals surface area (Å²) >= 11 is 4.57. The Labute approximate surface area is 133 Å². The molecule has 0 bridgehead atoms. The van der Waals surface area contributed by atoms with Gasteiger partial charge in [0.05, 0.1) is 8.66 Å². The normalized spacial score (nSPS) is 16.0. The average molecular weight is 367 g/mol. The summed E-state index contributed by atoms with van der Waals surface area (Å²) in [4.78, 5) is 24.3. The molecule has 7 heteroatoms. The van der Waals surface area contributed by atoms with E-state index in [0.29, 0.717) is 17.0 Å². The number of benzene rings is 1. The highest BCUT2D eigenvalue weighted by atomic mass is 79.9. The quantitative estimate of drug-likeness (QED) is 0.801. The van der Waals surface area contributed by atoms with E-state index in [1.54, 1.807) is 12.1 Å². The third-order valence-electron chi connectivity index (χ3n) is 3.04. The minimum Gasteiger partial charge on any atom is -0.480 e. The second-order valence-electron chi connectivity index (χ2n) is 4.47. The maximum atomic E-state index is 12.0. The van der Waals surface area contributed by atoms with Gasteiger partial charge in [0.15, 0.2) is 6.10 Å². The van der Waals surface area contributed by atoms with Crippen LogP contribution in [0.2, 0.25) is 0 Å². The van der Waals surface area contributed by atoms with E-state index in [2.05, 4.69) is 26.8 Å². The number of hydrazine groups is 1. The lowest BCUT2D eigenvalue weighted by Gasteiger charge is -2.11. The van der Waals surface area contributed by atoms with Gasteiger partial charge < -0.3 is 4.74 Å². The number of para-hydroxylation sites is 1. The van der Waals surface area contributed by atoms with Crippen LogP contribution in [0.1, 0.15) is 15.2 Å². The van der Waals surface area contributed by atoms with Crippen LogP contribution in [0.15, 0.2) is 40.2 Å². The molecule has 2 aromatic rings. The lowest BCUT2D eigenvalue weighted by Crippen LogP contribution is -2.47. The van der Waals surface area contributed by atoms with E-state index in [1.165, 1.54) is 11.3 Å². The van der Waals surface area contributed by atoms with E-state index in [1.807, 2.05) is 24.3 Å². The molecule has 2 amide bonds. The van der Waals surface area contributed by atoms with Gasteiger partial charge in [-0.1, -0.05) is 18.2 Å². The Bertz CT molecular complexity index is 676. The van der Waals surface area contributed by atoms with Crippen LogP contribution in [0, 0.1) is 0 Å². The van der Waals surface area contributed by atoms with Crippen LogP contribution in [0.25, 0.3) is 0 Å². The molecule has 2 N–H and O–H groups in total. The van der Waals surface area contributed by atoms with Crippen molar-refractivity contribution in [3.8, 4) is 5.75 Å². The molecule has 0 spiro atoms. The number of hydrogen-bond acceptors (Lipinski definition) is 4. The zero-order valence-electron chi connectivity index (χ0n) is 10.8. The lowest BCUT2D eigenvalue weighted by atomic mass is 10.1. The molecule has 1 aliphatic rings. The van der Waals surface area contributed by atoms with Crippen LogP contribution in [0.3, 0.4) is 0 Å². The SMILES string of the molecule is O=C(NNC(=O)[C@@H]1Cc2ccccc2O1)c1ccc(Br)s1. The predicted octanol–water partition coefficient (Wildman–Crippen LogP) is 2.28. The number of hydrogen-bond donors (Lipinski definition) is 2. The number of carbonyl (C=O) groups excluding carboxylic acids is 2. The van der Waals surface area contributed by atoms with Gasteiger partial charge in [0.1, 0.15) is 5.75 Å². The predicted molar refractivity (Wildman–Crippen MR) is 82.2 cm³/mol. The van der Waals surface area contributed by atoms with Crippen LogP contribution in [-0.2, 0) is 11.2 Å². The summed E-state index contributed by atoms with van der Waals surface area (Å²) in [5, 5.41) is 0. The van der Waals surface area contributed by atoms with E-state index in [4.69, 9.17) is 4.74 Å². The number of carbonyl (C=O) groups is 2. The number of rotatable bonds is 2. The van der Waals surface area contributed by atoms with Gasteiger partial charge in [0, 0.05) is 6.42 Å². The number of thiophene rings is 1. The topological polar surface area (TPSA) is 67.4 Å². The molecule has 0 aliphatic carbocycles. The number of nitrogens with one attached hydrogen (secondary N) is 2. The highest BCUT2D eigenvalue weighted by Crippen LogP contribution is 2.28. The largest absolute Gasteiger partial charge is 0.480 e. The summed E-state index contributed by atoms with van der Waals surface area (Å²) in [5.74, 6) is -0.00380. The van der Waals surface area contributed by atoms with Crippen molar-refractivity contribution in [3.05, 3.63) is 50.6 Å². The summed E-state index contributed by atoms with van der Waals surface area (Å²) in [7, 11) is 0. The average Bonchev–Trinajstić information content (AvgIpc) is 3.10. The van der Waals surface area contributed by atoms with Gasteiger partial charge in [0.2, 0.25) is 0 Å². The first kappa shape index (κ1) is 14.1. The van der Waals surface area contributed by atoms with E-state index >= 15 is 0 Å². The molecule has 0 saturated heterocycles. The molecule has 21 heavy (non-hydrogen) atoms. The molecule has 1 aromatic heterocycles. The minimum atomic E-state index is -0.613. The first-order valence-corrected chi connectivity index (χ1v) is 7.84. The van der Waals surface area contributed by atoms with Crippen molar-refractivity contribution in [2.24, 2.45) is 0 Å². The first-order chi connectivity index (χ1) is 10.1. The number of fused-ring (bicyclic) bond motifs is 1. The number of ether oxygens (including phenoxy) is 1. The van der Waals surface area contributed by atoms with Crippen molar-refractivity contribution in [1.82, 2.24) is 10.9 Å². The molecule has 1 atom stereocenters. The fourth-order valence-electron chi connectivity index (χ4n) is 2.03. The molecule has 2 heterocycles. The second-order valence-corrected chi connectivity index (χ2v) is 6.93. The van der Waals surface area contributed by atoms with Crippen molar-refractivity contribution in [2.45, 2.75) is 12.5 Å². The molecule has 0 fully saturated rings. The fourth-order valence-corrected chi connectivity index (χ4v) is 3.31. The first-order valence-electron chi connectivity index (χ1n) is 6.23. The van der Waals surface area contributed by atoms with E-state index in [-0.39, 0.29) is 11.8 Å². The van der Waals surface area contributed by atoms with Crippen LogP contribution < -0.4 is 15.6 Å². The van der Waals surface area contributed by atoms with Crippen molar-refractivity contribution in [1.29, 1.82) is 0 Å². The molecule has 1 aromatic carbocycles. The van der Waals surface area contributed by atoms with Crippen molar-refractivity contribution >= 4 is 39.1 Å². The maximum Gasteiger partial charge on any atom is 0.279 e. The molecular weight excluding hydrogens is 356 g/mol. The molecule has 3 rings (SSSR count). The monoisotopic (exact) mass is 366 g/mol. The Balaban J connectivity index is 1.55. The zero-order chi connectivity index (χ0) is 14.8.